The van der Waals surface area contributed by atoms with Gasteiger partial charge in [0.1, 0.15) is 6.54 Å². The summed E-state index contributed by atoms with van der Waals surface area (Å²) >= 11 is 0. The van der Waals surface area contributed by atoms with Crippen LogP contribution < -0.4 is 10.6 Å². The zero-order valence-corrected chi connectivity index (χ0v) is 8.91. The van der Waals surface area contributed by atoms with Crippen molar-refractivity contribution in [2.24, 2.45) is 0 Å². The topological polar surface area (TPSA) is 78.4 Å². The van der Waals surface area contributed by atoms with E-state index in [1.807, 2.05) is 10.6 Å². The lowest BCUT2D eigenvalue weighted by molar-refractivity contribution is -0.137. The molecule has 5 nitrogen and oxygen atoms in total. The quantitative estimate of drug-likeness (QED) is 0.778. The number of urea groups is 1. The molecule has 1 aromatic rings. The number of alkyl halides is 3. The molecule has 98 valence electrons. The number of amides is 2. The average molecular weight is 262 g/mol. The second-order valence-corrected chi connectivity index (χ2v) is 3.24. The molecule has 0 radical (unpaired) electrons. The van der Waals surface area contributed by atoms with Crippen LogP contribution in [0.2, 0.25) is 0 Å². The van der Waals surface area contributed by atoms with Crippen LogP contribution in [0.15, 0.2) is 24.3 Å². The molecule has 3 N–H and O–H groups in total. The number of anilines is 1. The van der Waals surface area contributed by atoms with E-state index in [2.05, 4.69) is 0 Å². The van der Waals surface area contributed by atoms with Crippen molar-refractivity contribution in [3.63, 3.8) is 0 Å². The van der Waals surface area contributed by atoms with Gasteiger partial charge in [-0.3, -0.25) is 4.79 Å². The SMILES string of the molecule is O=C(O)CNC(=O)Nc1ccccc1C(F)(F)F. The van der Waals surface area contributed by atoms with Crippen LogP contribution in [0, 0.1) is 0 Å². The summed E-state index contributed by atoms with van der Waals surface area (Å²) in [5.74, 6) is -1.30. The van der Waals surface area contributed by atoms with Gasteiger partial charge in [-0.1, -0.05) is 12.1 Å². The van der Waals surface area contributed by atoms with Crippen LogP contribution in [0.1, 0.15) is 5.56 Å². The van der Waals surface area contributed by atoms with E-state index in [1.54, 1.807) is 0 Å². The highest BCUT2D eigenvalue weighted by Crippen LogP contribution is 2.34. The molecule has 0 spiro atoms. The van der Waals surface area contributed by atoms with Gasteiger partial charge in [-0.15, -0.1) is 0 Å². The van der Waals surface area contributed by atoms with Crippen LogP contribution >= 0.6 is 0 Å². The minimum absolute atomic E-state index is 0.437. The third-order valence-electron chi connectivity index (χ3n) is 1.88. The van der Waals surface area contributed by atoms with Gasteiger partial charge >= 0.3 is 18.2 Å². The van der Waals surface area contributed by atoms with E-state index in [-0.39, 0.29) is 0 Å². The van der Waals surface area contributed by atoms with Crippen molar-refractivity contribution in [2.45, 2.75) is 6.18 Å². The predicted molar refractivity (Wildman–Crippen MR) is 56.1 cm³/mol. The van der Waals surface area contributed by atoms with Crippen LogP contribution in [0.25, 0.3) is 0 Å². The van der Waals surface area contributed by atoms with Crippen molar-refractivity contribution in [3.05, 3.63) is 29.8 Å². The monoisotopic (exact) mass is 262 g/mol. The molecular weight excluding hydrogens is 253 g/mol. The molecule has 0 aliphatic heterocycles. The number of rotatable bonds is 3. The van der Waals surface area contributed by atoms with E-state index < -0.39 is 36.0 Å². The first kappa shape index (κ1) is 13.8. The largest absolute Gasteiger partial charge is 0.480 e. The first-order valence-electron chi connectivity index (χ1n) is 4.73. The highest BCUT2D eigenvalue weighted by atomic mass is 19.4. The number of carboxylic acids is 1. The maximum Gasteiger partial charge on any atom is 0.418 e. The molecule has 1 aromatic carbocycles. The Balaban J connectivity index is 2.79. The first-order chi connectivity index (χ1) is 8.30. The van der Waals surface area contributed by atoms with E-state index in [4.69, 9.17) is 5.11 Å². The highest BCUT2D eigenvalue weighted by molar-refractivity contribution is 5.92. The summed E-state index contributed by atoms with van der Waals surface area (Å²) in [5, 5.41) is 12.1. The normalized spacial score (nSPS) is 10.8. The maximum absolute atomic E-state index is 12.5. The van der Waals surface area contributed by atoms with Crippen molar-refractivity contribution in [3.8, 4) is 0 Å². The number of carbonyl (C=O) groups is 2. The Kier molecular flexibility index (Phi) is 4.13. The number of nitrogens with one attached hydrogen (secondary N) is 2. The number of aliphatic carboxylic acids is 1. The molecule has 0 bridgehead atoms. The zero-order chi connectivity index (χ0) is 13.8. The van der Waals surface area contributed by atoms with Gasteiger partial charge in [0.25, 0.3) is 0 Å². The Hall–Kier alpha value is -2.25. The minimum Gasteiger partial charge on any atom is -0.480 e. The van der Waals surface area contributed by atoms with Crippen molar-refractivity contribution in [1.29, 1.82) is 0 Å². The van der Waals surface area contributed by atoms with Crippen molar-refractivity contribution < 1.29 is 27.9 Å². The Morgan fingerprint density at radius 2 is 1.83 bits per heavy atom. The van der Waals surface area contributed by atoms with Gasteiger partial charge in [0.15, 0.2) is 0 Å². The Morgan fingerprint density at radius 3 is 2.39 bits per heavy atom. The molecular formula is C10H9F3N2O3. The summed E-state index contributed by atoms with van der Waals surface area (Å²) in [6.45, 7) is -0.681. The Morgan fingerprint density at radius 1 is 1.22 bits per heavy atom. The van der Waals surface area contributed by atoms with Crippen molar-refractivity contribution in [1.82, 2.24) is 5.32 Å². The molecule has 0 atom stereocenters. The molecule has 0 aromatic heterocycles. The summed E-state index contributed by atoms with van der Waals surface area (Å²) in [6, 6.07) is 3.37. The summed E-state index contributed by atoms with van der Waals surface area (Å²) < 4.78 is 37.6. The third kappa shape index (κ3) is 3.96. The first-order valence-corrected chi connectivity index (χ1v) is 4.73. The fourth-order valence-corrected chi connectivity index (χ4v) is 1.16. The fraction of sp³-hybridized carbons (Fsp3) is 0.200. The molecule has 0 unspecified atom stereocenters. The molecule has 0 saturated carbocycles. The molecule has 8 heteroatoms. The third-order valence-corrected chi connectivity index (χ3v) is 1.88. The average Bonchev–Trinajstić information content (AvgIpc) is 2.25. The number of carboxylic acid groups (broad SMARTS) is 1. The Bertz CT molecular complexity index is 460. The van der Waals surface area contributed by atoms with Crippen LogP contribution in [-0.4, -0.2) is 23.7 Å². The second-order valence-electron chi connectivity index (χ2n) is 3.24. The lowest BCUT2D eigenvalue weighted by atomic mass is 10.1. The second kappa shape index (κ2) is 5.39. The number of benzene rings is 1. The van der Waals surface area contributed by atoms with E-state index in [9.17, 15) is 22.8 Å². The van der Waals surface area contributed by atoms with E-state index in [1.165, 1.54) is 12.1 Å². The maximum atomic E-state index is 12.5. The molecule has 0 saturated heterocycles. The lowest BCUT2D eigenvalue weighted by Crippen LogP contribution is -2.33. The summed E-state index contributed by atoms with van der Waals surface area (Å²) in [7, 11) is 0. The van der Waals surface area contributed by atoms with E-state index >= 15 is 0 Å². The van der Waals surface area contributed by atoms with Gasteiger partial charge in [0.05, 0.1) is 11.3 Å². The van der Waals surface area contributed by atoms with Crippen LogP contribution in [0.5, 0.6) is 0 Å². The molecule has 2 amide bonds. The molecule has 0 heterocycles. The van der Waals surface area contributed by atoms with Crippen molar-refractivity contribution in [2.75, 3.05) is 11.9 Å². The van der Waals surface area contributed by atoms with Gasteiger partial charge in [0, 0.05) is 0 Å². The number of hydrogen-bond donors (Lipinski definition) is 3. The molecule has 0 aliphatic rings. The number of carbonyl (C=O) groups excluding carboxylic acids is 1. The zero-order valence-electron chi connectivity index (χ0n) is 8.91. The number of hydrogen-bond acceptors (Lipinski definition) is 2. The van der Waals surface area contributed by atoms with Gasteiger partial charge in [-0.25, -0.2) is 4.79 Å². The van der Waals surface area contributed by atoms with Crippen LogP contribution in [0.3, 0.4) is 0 Å². The van der Waals surface area contributed by atoms with Gasteiger partial charge in [0.2, 0.25) is 0 Å². The van der Waals surface area contributed by atoms with Gasteiger partial charge in [-0.05, 0) is 12.1 Å². The van der Waals surface area contributed by atoms with Gasteiger partial charge in [-0.2, -0.15) is 13.2 Å². The number of para-hydroxylation sites is 1. The summed E-state index contributed by atoms with van der Waals surface area (Å²) in [4.78, 5) is 21.3. The van der Waals surface area contributed by atoms with Crippen LogP contribution in [-0.2, 0) is 11.0 Å². The van der Waals surface area contributed by atoms with Crippen molar-refractivity contribution >= 4 is 17.7 Å². The van der Waals surface area contributed by atoms with Crippen LogP contribution in [0.4, 0.5) is 23.7 Å². The van der Waals surface area contributed by atoms with E-state index in [0.29, 0.717) is 0 Å². The summed E-state index contributed by atoms with van der Waals surface area (Å²) in [5.41, 5.74) is -1.44. The predicted octanol–water partition coefficient (Wildman–Crippen LogP) is 1.91. The smallest absolute Gasteiger partial charge is 0.418 e. The Labute approximate surface area is 99.6 Å². The summed E-state index contributed by atoms with van der Waals surface area (Å²) in [6.07, 6.45) is -4.60. The molecule has 18 heavy (non-hydrogen) atoms. The number of halogens is 3. The molecule has 0 fully saturated rings. The molecule has 0 aliphatic carbocycles. The van der Waals surface area contributed by atoms with E-state index in [0.717, 1.165) is 12.1 Å². The lowest BCUT2D eigenvalue weighted by Gasteiger charge is -2.13. The fourth-order valence-electron chi connectivity index (χ4n) is 1.16. The standard InChI is InChI=1S/C10H9F3N2O3/c11-10(12,13)6-3-1-2-4-7(6)15-9(18)14-5-8(16)17/h1-4H,5H2,(H,16,17)(H2,14,15,18). The minimum atomic E-state index is -4.60. The molecule has 1 rings (SSSR count). The van der Waals surface area contributed by atoms with Gasteiger partial charge < -0.3 is 15.7 Å². The highest BCUT2D eigenvalue weighted by Gasteiger charge is 2.33.